The number of aryl methyl sites for hydroxylation is 1. The number of morpholine rings is 1. The van der Waals surface area contributed by atoms with E-state index in [9.17, 15) is 0 Å². The maximum Gasteiger partial charge on any atom is 0.194 e. The molecule has 0 spiro atoms. The molecule has 0 aliphatic carbocycles. The largest absolute Gasteiger partial charge is 0.370 e. The average Bonchev–Trinajstić information content (AvgIpc) is 3.12. The van der Waals surface area contributed by atoms with Gasteiger partial charge in [0.1, 0.15) is 6.10 Å². The van der Waals surface area contributed by atoms with Crippen LogP contribution in [-0.2, 0) is 24.9 Å². The zero-order valence-electron chi connectivity index (χ0n) is 17.4. The summed E-state index contributed by atoms with van der Waals surface area (Å²) in [5.41, 5.74) is 3.70. The molecular weight excluding hydrogens is 352 g/mol. The lowest BCUT2D eigenvalue weighted by Crippen LogP contribution is -2.48. The van der Waals surface area contributed by atoms with Gasteiger partial charge in [-0.2, -0.15) is 5.10 Å². The molecule has 0 saturated carbocycles. The minimum atomic E-state index is 0.0207. The number of aliphatic imine (C=N–C) groups is 1. The lowest BCUT2D eigenvalue weighted by Gasteiger charge is -2.34. The Morgan fingerprint density at radius 2 is 2.11 bits per heavy atom. The van der Waals surface area contributed by atoms with Crippen LogP contribution < -0.4 is 5.32 Å². The summed E-state index contributed by atoms with van der Waals surface area (Å²) in [6, 6.07) is 8.54. The van der Waals surface area contributed by atoms with Crippen LogP contribution in [0.15, 0.2) is 41.7 Å². The number of benzene rings is 1. The Hall–Kier alpha value is -2.38. The van der Waals surface area contributed by atoms with E-state index >= 15 is 0 Å². The third-order valence-electron chi connectivity index (χ3n) is 4.80. The van der Waals surface area contributed by atoms with Crippen LogP contribution in [0.2, 0.25) is 0 Å². The van der Waals surface area contributed by atoms with Crippen molar-refractivity contribution in [3.05, 3.63) is 53.3 Å². The first-order chi connectivity index (χ1) is 13.6. The number of nitrogens with zero attached hydrogens (tertiary/aromatic N) is 5. The molecule has 0 amide bonds. The van der Waals surface area contributed by atoms with Crippen LogP contribution >= 0.6 is 0 Å². The van der Waals surface area contributed by atoms with Gasteiger partial charge in [-0.15, -0.1) is 0 Å². The molecule has 0 radical (unpaired) electrons. The summed E-state index contributed by atoms with van der Waals surface area (Å²) in [6.45, 7) is 6.83. The van der Waals surface area contributed by atoms with Crippen molar-refractivity contribution < 1.29 is 4.74 Å². The van der Waals surface area contributed by atoms with Gasteiger partial charge in [0.05, 0.1) is 25.9 Å². The van der Waals surface area contributed by atoms with Gasteiger partial charge in [-0.3, -0.25) is 4.68 Å². The van der Waals surface area contributed by atoms with Crippen LogP contribution in [0.3, 0.4) is 0 Å². The molecule has 1 fully saturated rings. The van der Waals surface area contributed by atoms with Crippen molar-refractivity contribution in [1.29, 1.82) is 0 Å². The summed E-state index contributed by atoms with van der Waals surface area (Å²) >= 11 is 0. The van der Waals surface area contributed by atoms with E-state index < -0.39 is 0 Å². The van der Waals surface area contributed by atoms with E-state index in [2.05, 4.69) is 65.5 Å². The third kappa shape index (κ3) is 5.33. The molecule has 152 valence electrons. The van der Waals surface area contributed by atoms with Crippen molar-refractivity contribution in [2.24, 2.45) is 12.0 Å². The Kier molecular flexibility index (Phi) is 7.06. The number of guanidine groups is 1. The van der Waals surface area contributed by atoms with Gasteiger partial charge in [-0.1, -0.05) is 24.3 Å². The van der Waals surface area contributed by atoms with Gasteiger partial charge in [-0.25, -0.2) is 4.99 Å². The highest BCUT2D eigenvalue weighted by Gasteiger charge is 2.25. The van der Waals surface area contributed by atoms with E-state index in [1.54, 1.807) is 0 Å². The molecule has 3 rings (SSSR count). The summed E-state index contributed by atoms with van der Waals surface area (Å²) in [5.74, 6) is 0.944. The molecule has 1 saturated heterocycles. The summed E-state index contributed by atoms with van der Waals surface area (Å²) in [5, 5.41) is 7.72. The van der Waals surface area contributed by atoms with Crippen LogP contribution in [0.4, 0.5) is 0 Å². The number of hydrogen-bond acceptors (Lipinski definition) is 4. The maximum absolute atomic E-state index is 5.98. The number of hydrogen-bond donors (Lipinski definition) is 1. The van der Waals surface area contributed by atoms with Crippen LogP contribution in [0.25, 0.3) is 0 Å². The molecule has 1 unspecified atom stereocenters. The van der Waals surface area contributed by atoms with Crippen LogP contribution in [-0.4, -0.2) is 65.9 Å². The third-order valence-corrected chi connectivity index (χ3v) is 4.80. The maximum atomic E-state index is 5.98. The van der Waals surface area contributed by atoms with Gasteiger partial charge in [0.15, 0.2) is 5.96 Å². The van der Waals surface area contributed by atoms with Crippen LogP contribution in [0.5, 0.6) is 0 Å². The molecule has 7 nitrogen and oxygen atoms in total. The Bertz CT molecular complexity index is 785. The second-order valence-corrected chi connectivity index (χ2v) is 7.43. The molecule has 1 aliphatic heterocycles. The van der Waals surface area contributed by atoms with E-state index in [0.29, 0.717) is 13.2 Å². The van der Waals surface area contributed by atoms with E-state index in [1.165, 1.54) is 11.1 Å². The molecule has 1 atom stereocenters. The van der Waals surface area contributed by atoms with Gasteiger partial charge in [0.25, 0.3) is 0 Å². The van der Waals surface area contributed by atoms with Crippen LogP contribution in [0, 0.1) is 0 Å². The molecule has 7 heteroatoms. The zero-order valence-corrected chi connectivity index (χ0v) is 17.4. The molecule has 1 N–H and O–H groups in total. The minimum absolute atomic E-state index is 0.0207. The molecule has 28 heavy (non-hydrogen) atoms. The number of ether oxygens (including phenoxy) is 1. The Morgan fingerprint density at radius 3 is 2.79 bits per heavy atom. The first kappa shape index (κ1) is 20.4. The predicted molar refractivity (Wildman–Crippen MR) is 112 cm³/mol. The Labute approximate surface area is 168 Å². The van der Waals surface area contributed by atoms with E-state index in [4.69, 9.17) is 9.73 Å². The van der Waals surface area contributed by atoms with Crippen molar-refractivity contribution in [2.75, 3.05) is 40.3 Å². The minimum Gasteiger partial charge on any atom is -0.370 e. The first-order valence-corrected chi connectivity index (χ1v) is 9.91. The molecule has 2 aromatic rings. The molecule has 1 aromatic heterocycles. The fraction of sp³-hybridized carbons (Fsp3) is 0.524. The first-order valence-electron chi connectivity index (χ1n) is 9.91. The smallest absolute Gasteiger partial charge is 0.194 e. The van der Waals surface area contributed by atoms with Gasteiger partial charge in [0.2, 0.25) is 0 Å². The molecular formula is C21H32N6O. The quantitative estimate of drug-likeness (QED) is 0.610. The fourth-order valence-corrected chi connectivity index (χ4v) is 3.44. The van der Waals surface area contributed by atoms with Gasteiger partial charge >= 0.3 is 0 Å². The lowest BCUT2D eigenvalue weighted by atomic mass is 10.1. The van der Waals surface area contributed by atoms with Crippen molar-refractivity contribution in [3.8, 4) is 0 Å². The predicted octanol–water partition coefficient (Wildman–Crippen LogP) is 2.02. The van der Waals surface area contributed by atoms with Gasteiger partial charge < -0.3 is 19.9 Å². The molecule has 1 aliphatic rings. The second kappa shape index (κ2) is 9.71. The normalized spacial score (nSPS) is 18.0. The standard InChI is InChI=1S/C21H32N6O/c1-5-22-21(23-12-17-8-6-7-9-18(17)14-25(2)3)27-10-11-28-20(16-27)19-13-24-26(4)15-19/h6-9,13,15,20H,5,10-12,14,16H2,1-4H3,(H,22,23). The highest BCUT2D eigenvalue weighted by Crippen LogP contribution is 2.22. The van der Waals surface area contributed by atoms with Crippen molar-refractivity contribution in [3.63, 3.8) is 0 Å². The van der Waals surface area contributed by atoms with Gasteiger partial charge in [-0.05, 0) is 32.1 Å². The molecule has 0 bridgehead atoms. The number of nitrogens with one attached hydrogen (secondary N) is 1. The van der Waals surface area contributed by atoms with Crippen molar-refractivity contribution in [2.45, 2.75) is 26.1 Å². The van der Waals surface area contributed by atoms with Crippen molar-refractivity contribution in [1.82, 2.24) is 24.9 Å². The fourth-order valence-electron chi connectivity index (χ4n) is 3.44. The average molecular weight is 385 g/mol. The Balaban J connectivity index is 1.74. The highest BCUT2D eigenvalue weighted by molar-refractivity contribution is 5.80. The lowest BCUT2D eigenvalue weighted by molar-refractivity contribution is -0.00805. The van der Waals surface area contributed by atoms with E-state index in [-0.39, 0.29) is 6.10 Å². The second-order valence-electron chi connectivity index (χ2n) is 7.43. The Morgan fingerprint density at radius 1 is 1.32 bits per heavy atom. The highest BCUT2D eigenvalue weighted by atomic mass is 16.5. The molecule has 1 aromatic carbocycles. The van der Waals surface area contributed by atoms with Crippen LogP contribution in [0.1, 0.15) is 29.7 Å². The van der Waals surface area contributed by atoms with E-state index in [1.807, 2.05) is 24.1 Å². The SMILES string of the molecule is CCNC(=NCc1ccccc1CN(C)C)N1CCOC(c2cnn(C)c2)C1. The monoisotopic (exact) mass is 384 g/mol. The summed E-state index contributed by atoms with van der Waals surface area (Å²) < 4.78 is 7.80. The topological polar surface area (TPSA) is 57.9 Å². The van der Waals surface area contributed by atoms with E-state index in [0.717, 1.165) is 37.7 Å². The summed E-state index contributed by atoms with van der Waals surface area (Å²) in [4.78, 5) is 9.42. The van der Waals surface area contributed by atoms with Gasteiger partial charge in [0, 0.05) is 38.4 Å². The molecule has 2 heterocycles. The van der Waals surface area contributed by atoms with Crippen molar-refractivity contribution >= 4 is 5.96 Å². The number of rotatable bonds is 6. The summed E-state index contributed by atoms with van der Waals surface area (Å²) in [6.07, 6.45) is 3.93. The number of aromatic nitrogens is 2. The summed E-state index contributed by atoms with van der Waals surface area (Å²) in [7, 11) is 6.12. The zero-order chi connectivity index (χ0) is 19.9.